The van der Waals surface area contributed by atoms with Crippen LogP contribution in [0.1, 0.15) is 48.9 Å². The van der Waals surface area contributed by atoms with Gasteiger partial charge < -0.3 is 14.9 Å². The Morgan fingerprint density at radius 1 is 0.941 bits per heavy atom. The average molecular weight is 478 g/mol. The minimum Gasteiger partial charge on any atom is -0.506 e. The number of pyridine rings is 1. The van der Waals surface area contributed by atoms with E-state index < -0.39 is 0 Å². The van der Waals surface area contributed by atoms with E-state index in [1.165, 1.54) is 0 Å². The van der Waals surface area contributed by atoms with Crippen LogP contribution in [-0.4, -0.2) is 54.0 Å². The molecule has 0 bridgehead atoms. The van der Waals surface area contributed by atoms with E-state index in [9.17, 15) is 9.90 Å². The number of phenols is 1. The first kappa shape index (κ1) is 23.1. The van der Waals surface area contributed by atoms with Crippen molar-refractivity contribution in [3.05, 3.63) is 53.2 Å². The topological polar surface area (TPSA) is 56.7 Å². The standard InChI is InChI=1S/C28H32ClN3O2/c1-31(2)20-8-10-21(11-9-20)32(3)27-22-14-18(19-7-13-26(33)24(29)15-19)6-12-25(22)30-16-23(27)28(34)17-4-5-17/h6-7,12-17,20-21,33H,4-5,8-11H2,1-3H3/t20-,21-. The second-order valence-electron chi connectivity index (χ2n) is 10.1. The van der Waals surface area contributed by atoms with Crippen LogP contribution in [0, 0.1) is 5.92 Å². The molecular weight excluding hydrogens is 446 g/mol. The van der Waals surface area contributed by atoms with Gasteiger partial charge in [0.15, 0.2) is 5.78 Å². The Morgan fingerprint density at radius 3 is 2.24 bits per heavy atom. The molecule has 5 rings (SSSR count). The molecule has 0 aliphatic heterocycles. The van der Waals surface area contributed by atoms with Gasteiger partial charge >= 0.3 is 0 Å². The Morgan fingerprint density at radius 2 is 1.59 bits per heavy atom. The van der Waals surface area contributed by atoms with Crippen molar-refractivity contribution in [2.45, 2.75) is 50.6 Å². The van der Waals surface area contributed by atoms with Gasteiger partial charge in [-0.25, -0.2) is 0 Å². The molecule has 1 heterocycles. The van der Waals surface area contributed by atoms with Crippen molar-refractivity contribution in [3.8, 4) is 16.9 Å². The molecule has 2 fully saturated rings. The maximum Gasteiger partial charge on any atom is 0.169 e. The molecule has 0 spiro atoms. The van der Waals surface area contributed by atoms with Crippen LogP contribution in [0.25, 0.3) is 22.0 Å². The lowest BCUT2D eigenvalue weighted by Gasteiger charge is -2.39. The van der Waals surface area contributed by atoms with Gasteiger partial charge in [-0.15, -0.1) is 0 Å². The summed E-state index contributed by atoms with van der Waals surface area (Å²) in [5, 5.41) is 11.2. The lowest BCUT2D eigenvalue weighted by molar-refractivity contribution is 0.0967. The zero-order chi connectivity index (χ0) is 24.0. The number of phenolic OH excluding ortho intramolecular Hbond substituents is 1. The third-order valence-corrected chi connectivity index (χ3v) is 7.93. The highest BCUT2D eigenvalue weighted by Gasteiger charge is 2.35. The van der Waals surface area contributed by atoms with Crippen LogP contribution < -0.4 is 4.90 Å². The van der Waals surface area contributed by atoms with Gasteiger partial charge in [-0.3, -0.25) is 9.78 Å². The number of anilines is 1. The number of fused-ring (bicyclic) bond motifs is 1. The van der Waals surface area contributed by atoms with Crippen molar-refractivity contribution in [3.63, 3.8) is 0 Å². The maximum atomic E-state index is 13.3. The molecule has 34 heavy (non-hydrogen) atoms. The number of hydrogen-bond donors (Lipinski definition) is 1. The minimum absolute atomic E-state index is 0.0685. The predicted molar refractivity (Wildman–Crippen MR) is 139 cm³/mol. The molecule has 2 aliphatic carbocycles. The summed E-state index contributed by atoms with van der Waals surface area (Å²) < 4.78 is 0. The third-order valence-electron chi connectivity index (χ3n) is 7.63. The molecule has 1 N–H and O–H groups in total. The fourth-order valence-corrected chi connectivity index (χ4v) is 5.50. The van der Waals surface area contributed by atoms with Gasteiger partial charge in [0.2, 0.25) is 0 Å². The molecule has 6 heteroatoms. The molecule has 2 aromatic carbocycles. The fourth-order valence-electron chi connectivity index (χ4n) is 5.31. The van der Waals surface area contributed by atoms with Gasteiger partial charge in [0.25, 0.3) is 0 Å². The minimum atomic E-state index is 0.0685. The van der Waals surface area contributed by atoms with E-state index in [2.05, 4.69) is 42.0 Å². The second-order valence-corrected chi connectivity index (χ2v) is 10.5. The highest BCUT2D eigenvalue weighted by Crippen LogP contribution is 2.41. The fraction of sp³-hybridized carbons (Fsp3) is 0.429. The number of Topliss-reactive ketones (excluding diaryl/α,β-unsaturated/α-hetero) is 1. The largest absolute Gasteiger partial charge is 0.506 e. The molecule has 0 atom stereocenters. The van der Waals surface area contributed by atoms with E-state index in [-0.39, 0.29) is 17.5 Å². The molecule has 5 nitrogen and oxygen atoms in total. The summed E-state index contributed by atoms with van der Waals surface area (Å²) in [5.74, 6) is 0.421. The Hall–Kier alpha value is -2.63. The van der Waals surface area contributed by atoms with E-state index in [0.717, 1.165) is 71.8 Å². The SMILES string of the molecule is CN(C)[C@H]1CC[C@H](N(C)c2c(C(=O)C3CC3)cnc3ccc(-c4ccc(O)c(Cl)c4)cc23)CC1. The number of aromatic nitrogens is 1. The first-order valence-corrected chi connectivity index (χ1v) is 12.6. The van der Waals surface area contributed by atoms with Crippen LogP contribution in [0.4, 0.5) is 5.69 Å². The molecule has 0 amide bonds. The van der Waals surface area contributed by atoms with Crippen LogP contribution in [0.15, 0.2) is 42.6 Å². The summed E-state index contributed by atoms with van der Waals surface area (Å²) in [4.78, 5) is 22.7. The molecule has 0 saturated heterocycles. The van der Waals surface area contributed by atoms with Gasteiger partial charge in [-0.2, -0.15) is 0 Å². The van der Waals surface area contributed by atoms with Crippen LogP contribution >= 0.6 is 11.6 Å². The van der Waals surface area contributed by atoms with Crippen molar-refractivity contribution < 1.29 is 9.90 Å². The Labute approximate surface area is 206 Å². The van der Waals surface area contributed by atoms with Crippen molar-refractivity contribution in [2.75, 3.05) is 26.0 Å². The van der Waals surface area contributed by atoms with Crippen molar-refractivity contribution in [2.24, 2.45) is 5.92 Å². The Balaban J connectivity index is 1.59. The molecule has 0 unspecified atom stereocenters. The average Bonchev–Trinajstić information content (AvgIpc) is 3.69. The van der Waals surface area contributed by atoms with Crippen molar-refractivity contribution in [1.82, 2.24) is 9.88 Å². The van der Waals surface area contributed by atoms with E-state index in [0.29, 0.717) is 17.1 Å². The molecule has 3 aromatic rings. The van der Waals surface area contributed by atoms with Crippen LogP contribution in [0.5, 0.6) is 5.75 Å². The van der Waals surface area contributed by atoms with Crippen LogP contribution in [-0.2, 0) is 0 Å². The zero-order valence-corrected chi connectivity index (χ0v) is 20.8. The third kappa shape index (κ3) is 4.39. The summed E-state index contributed by atoms with van der Waals surface area (Å²) in [6, 6.07) is 12.4. The zero-order valence-electron chi connectivity index (χ0n) is 20.1. The normalized spacial score (nSPS) is 20.6. The Bertz CT molecular complexity index is 1230. The summed E-state index contributed by atoms with van der Waals surface area (Å²) in [5.41, 5.74) is 4.53. The molecule has 0 radical (unpaired) electrons. The summed E-state index contributed by atoms with van der Waals surface area (Å²) >= 11 is 6.19. The molecular formula is C28H32ClN3O2. The van der Waals surface area contributed by atoms with E-state index >= 15 is 0 Å². The number of aromatic hydroxyl groups is 1. The predicted octanol–water partition coefficient (Wildman–Crippen LogP) is 6.16. The number of halogens is 1. The van der Waals surface area contributed by atoms with E-state index in [1.807, 2.05) is 18.2 Å². The summed E-state index contributed by atoms with van der Waals surface area (Å²) in [6.45, 7) is 0. The number of ketones is 1. The highest BCUT2D eigenvalue weighted by atomic mass is 35.5. The number of nitrogens with zero attached hydrogens (tertiary/aromatic N) is 3. The number of rotatable bonds is 6. The van der Waals surface area contributed by atoms with Gasteiger partial charge in [0.05, 0.1) is 21.8 Å². The second kappa shape index (κ2) is 9.20. The van der Waals surface area contributed by atoms with E-state index in [1.54, 1.807) is 18.3 Å². The first-order chi connectivity index (χ1) is 16.3. The molecule has 1 aromatic heterocycles. The first-order valence-electron chi connectivity index (χ1n) is 12.2. The van der Waals surface area contributed by atoms with Gasteiger partial charge in [0, 0.05) is 36.6 Å². The van der Waals surface area contributed by atoms with Gasteiger partial charge in [-0.1, -0.05) is 23.7 Å². The van der Waals surface area contributed by atoms with Crippen LogP contribution in [0.3, 0.4) is 0 Å². The molecule has 2 aliphatic rings. The lowest BCUT2D eigenvalue weighted by Crippen LogP contribution is -2.41. The number of benzene rings is 2. The number of carbonyl (C=O) groups is 1. The van der Waals surface area contributed by atoms with Crippen molar-refractivity contribution in [1.29, 1.82) is 0 Å². The quantitative estimate of drug-likeness (QED) is 0.431. The van der Waals surface area contributed by atoms with Gasteiger partial charge in [0.1, 0.15) is 5.75 Å². The van der Waals surface area contributed by atoms with E-state index in [4.69, 9.17) is 11.6 Å². The molecule has 2 saturated carbocycles. The van der Waals surface area contributed by atoms with Crippen LogP contribution in [0.2, 0.25) is 5.02 Å². The smallest absolute Gasteiger partial charge is 0.169 e. The monoisotopic (exact) mass is 477 g/mol. The number of hydrogen-bond acceptors (Lipinski definition) is 5. The van der Waals surface area contributed by atoms with Gasteiger partial charge in [-0.05, 0) is 88.0 Å². The lowest BCUT2D eigenvalue weighted by atomic mass is 9.88. The summed E-state index contributed by atoms with van der Waals surface area (Å²) in [7, 11) is 6.46. The maximum absolute atomic E-state index is 13.3. The Kier molecular flexibility index (Phi) is 6.26. The molecule has 178 valence electrons. The van der Waals surface area contributed by atoms with Crippen molar-refractivity contribution >= 4 is 34.0 Å². The highest BCUT2D eigenvalue weighted by molar-refractivity contribution is 6.32. The summed E-state index contributed by atoms with van der Waals surface area (Å²) in [6.07, 6.45) is 8.26. The number of carbonyl (C=O) groups excluding carboxylic acids is 1.